The molecule has 1 amide bonds. The van der Waals surface area contributed by atoms with Gasteiger partial charge in [-0.2, -0.15) is 0 Å². The largest absolute Gasteiger partial charge is 0.348 e. The Hall–Kier alpha value is -2.47. The van der Waals surface area contributed by atoms with E-state index in [1.54, 1.807) is 0 Å². The SMILES string of the molecule is CCc1cc2c(=O)n(CC(=O)NC3CCCc4ccccc43)cnc2s1. The predicted molar refractivity (Wildman–Crippen MR) is 104 cm³/mol. The molecule has 3 aromatic rings. The summed E-state index contributed by atoms with van der Waals surface area (Å²) in [6.45, 7) is 2.05. The van der Waals surface area contributed by atoms with Gasteiger partial charge in [0, 0.05) is 4.88 Å². The molecule has 1 aliphatic rings. The average Bonchev–Trinajstić information content (AvgIpc) is 3.09. The third-order valence-corrected chi connectivity index (χ3v) is 6.12. The summed E-state index contributed by atoms with van der Waals surface area (Å²) in [4.78, 5) is 31.4. The maximum Gasteiger partial charge on any atom is 0.262 e. The summed E-state index contributed by atoms with van der Waals surface area (Å²) < 4.78 is 1.40. The first-order chi connectivity index (χ1) is 12.7. The van der Waals surface area contributed by atoms with E-state index in [9.17, 15) is 9.59 Å². The molecule has 0 saturated heterocycles. The topological polar surface area (TPSA) is 64.0 Å². The molecule has 0 bridgehead atoms. The van der Waals surface area contributed by atoms with Crippen LogP contribution >= 0.6 is 11.3 Å². The van der Waals surface area contributed by atoms with Crippen LogP contribution in [-0.4, -0.2) is 15.5 Å². The van der Waals surface area contributed by atoms with Gasteiger partial charge >= 0.3 is 0 Å². The summed E-state index contributed by atoms with van der Waals surface area (Å²) >= 11 is 1.53. The first-order valence-electron chi connectivity index (χ1n) is 9.00. The van der Waals surface area contributed by atoms with E-state index < -0.39 is 0 Å². The molecule has 0 fully saturated rings. The van der Waals surface area contributed by atoms with Gasteiger partial charge in [-0.05, 0) is 42.9 Å². The van der Waals surface area contributed by atoms with E-state index in [-0.39, 0.29) is 24.1 Å². The number of benzene rings is 1. The van der Waals surface area contributed by atoms with Crippen molar-refractivity contribution in [2.24, 2.45) is 0 Å². The minimum atomic E-state index is -0.152. The number of rotatable bonds is 4. The Morgan fingerprint density at radius 2 is 2.23 bits per heavy atom. The number of fused-ring (bicyclic) bond motifs is 2. The van der Waals surface area contributed by atoms with E-state index in [4.69, 9.17) is 0 Å². The fourth-order valence-electron chi connectivity index (χ4n) is 3.60. The monoisotopic (exact) mass is 367 g/mol. The fraction of sp³-hybridized carbons (Fsp3) is 0.350. The normalized spacial score (nSPS) is 16.4. The van der Waals surface area contributed by atoms with Crippen LogP contribution in [0.25, 0.3) is 10.2 Å². The van der Waals surface area contributed by atoms with E-state index in [1.165, 1.54) is 33.4 Å². The Morgan fingerprint density at radius 3 is 3.08 bits per heavy atom. The smallest absolute Gasteiger partial charge is 0.262 e. The lowest BCUT2D eigenvalue weighted by Crippen LogP contribution is -2.36. The second kappa shape index (κ2) is 7.03. The third kappa shape index (κ3) is 3.17. The van der Waals surface area contributed by atoms with Crippen molar-refractivity contribution in [2.45, 2.75) is 45.2 Å². The highest BCUT2D eigenvalue weighted by molar-refractivity contribution is 7.18. The van der Waals surface area contributed by atoms with Gasteiger partial charge in [-0.3, -0.25) is 14.2 Å². The van der Waals surface area contributed by atoms with Crippen molar-refractivity contribution < 1.29 is 4.79 Å². The van der Waals surface area contributed by atoms with Crippen LogP contribution in [0, 0.1) is 0 Å². The lowest BCUT2D eigenvalue weighted by Gasteiger charge is -2.26. The maximum absolute atomic E-state index is 12.6. The average molecular weight is 367 g/mol. The van der Waals surface area contributed by atoms with E-state index in [2.05, 4.69) is 29.4 Å². The second-order valence-corrected chi connectivity index (χ2v) is 7.79. The van der Waals surface area contributed by atoms with Crippen LogP contribution in [-0.2, 0) is 24.2 Å². The van der Waals surface area contributed by atoms with Gasteiger partial charge < -0.3 is 5.32 Å². The van der Waals surface area contributed by atoms with Crippen LogP contribution < -0.4 is 10.9 Å². The van der Waals surface area contributed by atoms with Crippen molar-refractivity contribution in [1.29, 1.82) is 0 Å². The third-order valence-electron chi connectivity index (χ3n) is 4.94. The number of thiophene rings is 1. The molecule has 1 aromatic carbocycles. The van der Waals surface area contributed by atoms with E-state index >= 15 is 0 Å². The maximum atomic E-state index is 12.6. The second-order valence-electron chi connectivity index (χ2n) is 6.67. The predicted octanol–water partition coefficient (Wildman–Crippen LogP) is 3.21. The molecule has 5 nitrogen and oxygen atoms in total. The summed E-state index contributed by atoms with van der Waals surface area (Å²) in [5.41, 5.74) is 2.35. The number of hydrogen-bond donors (Lipinski definition) is 1. The van der Waals surface area contributed by atoms with E-state index in [0.717, 1.165) is 35.4 Å². The van der Waals surface area contributed by atoms with Crippen LogP contribution in [0.1, 0.15) is 41.8 Å². The molecule has 0 radical (unpaired) electrons. The van der Waals surface area contributed by atoms with Crippen molar-refractivity contribution in [3.05, 3.63) is 63.0 Å². The Kier molecular flexibility index (Phi) is 4.59. The molecule has 1 N–H and O–H groups in total. The van der Waals surface area contributed by atoms with E-state index in [1.807, 2.05) is 18.2 Å². The Balaban J connectivity index is 1.53. The number of hydrogen-bond acceptors (Lipinski definition) is 4. The lowest BCUT2D eigenvalue weighted by molar-refractivity contribution is -0.122. The number of amides is 1. The molecule has 1 atom stereocenters. The Bertz CT molecular complexity index is 1020. The van der Waals surface area contributed by atoms with Gasteiger partial charge in [0.15, 0.2) is 0 Å². The molecule has 1 unspecified atom stereocenters. The minimum Gasteiger partial charge on any atom is -0.348 e. The standard InChI is InChI=1S/C20H21N3O2S/c1-2-14-10-16-19(26-14)21-12-23(20(16)25)11-18(24)22-17-9-5-7-13-6-3-4-8-15(13)17/h3-4,6,8,10,12,17H,2,5,7,9,11H2,1H3,(H,22,24). The van der Waals surface area contributed by atoms with Crippen molar-refractivity contribution in [3.63, 3.8) is 0 Å². The van der Waals surface area contributed by atoms with Gasteiger partial charge in [0.05, 0.1) is 17.8 Å². The van der Waals surface area contributed by atoms with Crippen LogP contribution in [0.3, 0.4) is 0 Å². The van der Waals surface area contributed by atoms with Gasteiger partial charge in [-0.1, -0.05) is 31.2 Å². The van der Waals surface area contributed by atoms with Gasteiger partial charge in [0.25, 0.3) is 5.56 Å². The molecule has 0 spiro atoms. The molecule has 0 aliphatic heterocycles. The van der Waals surface area contributed by atoms with Crippen molar-refractivity contribution >= 4 is 27.5 Å². The van der Waals surface area contributed by atoms with Gasteiger partial charge in [0.2, 0.25) is 5.91 Å². The zero-order valence-corrected chi connectivity index (χ0v) is 15.5. The summed E-state index contributed by atoms with van der Waals surface area (Å²) in [6.07, 6.45) is 5.40. The minimum absolute atomic E-state index is 0.00224. The first-order valence-corrected chi connectivity index (χ1v) is 9.82. The number of aryl methyl sites for hydroxylation is 2. The summed E-state index contributed by atoms with van der Waals surface area (Å²) in [6, 6.07) is 10.2. The van der Waals surface area contributed by atoms with Crippen LogP contribution in [0.5, 0.6) is 0 Å². The zero-order chi connectivity index (χ0) is 18.1. The Labute approximate surface area is 155 Å². The molecule has 0 saturated carbocycles. The van der Waals surface area contributed by atoms with Crippen LogP contribution in [0.4, 0.5) is 0 Å². The summed E-state index contributed by atoms with van der Waals surface area (Å²) in [5, 5.41) is 3.69. The Morgan fingerprint density at radius 1 is 1.38 bits per heavy atom. The summed E-state index contributed by atoms with van der Waals surface area (Å²) in [5.74, 6) is -0.152. The highest BCUT2D eigenvalue weighted by Gasteiger charge is 2.21. The quantitative estimate of drug-likeness (QED) is 0.770. The molecular formula is C20H21N3O2S. The first kappa shape index (κ1) is 17.0. The number of nitrogens with one attached hydrogen (secondary N) is 1. The molecule has 6 heteroatoms. The van der Waals surface area contributed by atoms with Crippen LogP contribution in [0.2, 0.25) is 0 Å². The molecule has 26 heavy (non-hydrogen) atoms. The van der Waals surface area contributed by atoms with Gasteiger partial charge in [-0.15, -0.1) is 11.3 Å². The number of carbonyl (C=O) groups excluding carboxylic acids is 1. The van der Waals surface area contributed by atoms with Crippen molar-refractivity contribution in [3.8, 4) is 0 Å². The molecule has 4 rings (SSSR count). The van der Waals surface area contributed by atoms with E-state index in [0.29, 0.717) is 5.39 Å². The molecule has 2 heterocycles. The van der Waals surface area contributed by atoms with Gasteiger partial charge in [-0.25, -0.2) is 4.98 Å². The zero-order valence-electron chi connectivity index (χ0n) is 14.7. The highest BCUT2D eigenvalue weighted by Crippen LogP contribution is 2.29. The van der Waals surface area contributed by atoms with Crippen molar-refractivity contribution in [2.75, 3.05) is 0 Å². The van der Waals surface area contributed by atoms with Gasteiger partial charge in [0.1, 0.15) is 11.4 Å². The molecular weight excluding hydrogens is 346 g/mol. The molecule has 1 aliphatic carbocycles. The van der Waals surface area contributed by atoms with Crippen LogP contribution in [0.15, 0.2) is 41.5 Å². The van der Waals surface area contributed by atoms with Crippen molar-refractivity contribution in [1.82, 2.24) is 14.9 Å². The summed E-state index contributed by atoms with van der Waals surface area (Å²) in [7, 11) is 0. The fourth-order valence-corrected chi connectivity index (χ4v) is 4.52. The number of aromatic nitrogens is 2. The number of carbonyl (C=O) groups is 1. The molecule has 134 valence electrons. The highest BCUT2D eigenvalue weighted by atomic mass is 32.1. The number of nitrogens with zero attached hydrogens (tertiary/aromatic N) is 2. The molecule has 2 aromatic heterocycles. The lowest BCUT2D eigenvalue weighted by atomic mass is 9.88.